The number of non-ortho nitro benzene ring substituents is 1. The van der Waals surface area contributed by atoms with Gasteiger partial charge < -0.3 is 15.0 Å². The van der Waals surface area contributed by atoms with Crippen LogP contribution in [0.25, 0.3) is 5.70 Å². The summed E-state index contributed by atoms with van der Waals surface area (Å²) in [5, 5.41) is 16.7. The van der Waals surface area contributed by atoms with Crippen molar-refractivity contribution in [1.29, 1.82) is 0 Å². The Labute approximate surface area is 234 Å². The third-order valence-corrected chi connectivity index (χ3v) is 7.24. The summed E-state index contributed by atoms with van der Waals surface area (Å²) in [5.41, 5.74) is 3.60. The predicted octanol–water partition coefficient (Wildman–Crippen LogP) is 4.97. The standard InChI is InChI=1S/C29H25N5O5S/c1-2-39-28(36)25-26(20-6-4-3-5-7-20)32-29-33(27(25)21-8-10-22(11-9-21)34(37)38)23(18-40-29)16-24(35)31-17-19-12-14-30-15-13-19/h3-15,18,27H,2,16-17H2,1H3,(H,31,35). The fraction of sp³-hybridized carbons (Fsp3) is 0.172. The number of hydrogen-bond acceptors (Lipinski definition) is 9. The third-order valence-electron chi connectivity index (χ3n) is 6.35. The zero-order valence-electron chi connectivity index (χ0n) is 21.5. The van der Waals surface area contributed by atoms with E-state index in [2.05, 4.69) is 10.3 Å². The first-order valence-corrected chi connectivity index (χ1v) is 13.4. The van der Waals surface area contributed by atoms with Crippen LogP contribution in [0.15, 0.2) is 101 Å². The summed E-state index contributed by atoms with van der Waals surface area (Å²) in [7, 11) is 0. The maximum absolute atomic E-state index is 13.5. The molecule has 2 aliphatic heterocycles. The molecule has 1 amide bonds. The lowest BCUT2D eigenvalue weighted by Gasteiger charge is -2.36. The molecule has 2 aliphatic rings. The number of pyridine rings is 1. The fourth-order valence-corrected chi connectivity index (χ4v) is 5.43. The number of nitrogens with zero attached hydrogens (tertiary/aromatic N) is 4. The van der Waals surface area contributed by atoms with Gasteiger partial charge in [-0.1, -0.05) is 42.1 Å². The second-order valence-electron chi connectivity index (χ2n) is 8.90. The van der Waals surface area contributed by atoms with E-state index >= 15 is 0 Å². The van der Waals surface area contributed by atoms with Crippen LogP contribution >= 0.6 is 11.8 Å². The van der Waals surface area contributed by atoms with Crippen LogP contribution in [0, 0.1) is 10.1 Å². The van der Waals surface area contributed by atoms with E-state index in [9.17, 15) is 19.7 Å². The van der Waals surface area contributed by atoms with Gasteiger partial charge in [0, 0.05) is 42.3 Å². The van der Waals surface area contributed by atoms with Gasteiger partial charge in [-0.25, -0.2) is 9.79 Å². The molecule has 2 aromatic carbocycles. The number of fused-ring (bicyclic) bond motifs is 1. The largest absolute Gasteiger partial charge is 0.463 e. The number of nitro benzene ring substituents is 1. The number of ether oxygens (including phenoxy) is 1. The van der Waals surface area contributed by atoms with Crippen molar-refractivity contribution in [2.75, 3.05) is 6.61 Å². The molecule has 40 heavy (non-hydrogen) atoms. The van der Waals surface area contributed by atoms with Gasteiger partial charge in [-0.2, -0.15) is 0 Å². The molecule has 0 bridgehead atoms. The summed E-state index contributed by atoms with van der Waals surface area (Å²) in [6.45, 7) is 2.23. The lowest BCUT2D eigenvalue weighted by Crippen LogP contribution is -2.38. The van der Waals surface area contributed by atoms with Crippen LogP contribution in [0.3, 0.4) is 0 Å². The van der Waals surface area contributed by atoms with Gasteiger partial charge in [-0.05, 0) is 47.7 Å². The Hall–Kier alpha value is -4.77. The highest BCUT2D eigenvalue weighted by Gasteiger charge is 2.42. The third kappa shape index (κ3) is 5.64. The number of nitrogens with one attached hydrogen (secondary N) is 1. The number of carbonyl (C=O) groups is 2. The van der Waals surface area contributed by atoms with Crippen molar-refractivity contribution < 1.29 is 19.2 Å². The van der Waals surface area contributed by atoms with Crippen LogP contribution < -0.4 is 5.32 Å². The first-order valence-electron chi connectivity index (χ1n) is 12.6. The SMILES string of the molecule is CCOC(=O)C1=C(c2ccccc2)N=C2SC=C(CC(=O)NCc3ccncc3)N2C1c1ccc([N+](=O)[O-])cc1. The molecule has 0 saturated heterocycles. The number of esters is 1. The van der Waals surface area contributed by atoms with Gasteiger partial charge in [0.2, 0.25) is 5.91 Å². The first-order chi connectivity index (χ1) is 19.5. The van der Waals surface area contributed by atoms with Crippen molar-refractivity contribution in [3.05, 3.63) is 123 Å². The lowest BCUT2D eigenvalue weighted by molar-refractivity contribution is -0.384. The van der Waals surface area contributed by atoms with Crippen LogP contribution in [-0.4, -0.2) is 38.5 Å². The summed E-state index contributed by atoms with van der Waals surface area (Å²) in [5.74, 6) is -0.756. The van der Waals surface area contributed by atoms with Crippen LogP contribution in [0.1, 0.15) is 36.1 Å². The number of rotatable bonds is 9. The van der Waals surface area contributed by atoms with E-state index < -0.39 is 16.9 Å². The van der Waals surface area contributed by atoms with Gasteiger partial charge in [0.15, 0.2) is 5.17 Å². The molecule has 1 unspecified atom stereocenters. The summed E-state index contributed by atoms with van der Waals surface area (Å²) < 4.78 is 5.49. The molecule has 5 rings (SSSR count). The zero-order valence-corrected chi connectivity index (χ0v) is 22.3. The minimum absolute atomic E-state index is 0.0390. The second-order valence-corrected chi connectivity index (χ2v) is 9.74. The quantitative estimate of drug-likeness (QED) is 0.223. The molecule has 202 valence electrons. The Morgan fingerprint density at radius 3 is 2.48 bits per heavy atom. The van der Waals surface area contributed by atoms with Crippen molar-refractivity contribution in [2.24, 2.45) is 4.99 Å². The van der Waals surface area contributed by atoms with Crippen LogP contribution in [-0.2, 0) is 20.9 Å². The number of aromatic nitrogens is 1. The summed E-state index contributed by atoms with van der Waals surface area (Å²) in [6, 6.07) is 18.3. The molecule has 0 radical (unpaired) electrons. The van der Waals surface area contributed by atoms with Crippen molar-refractivity contribution in [1.82, 2.24) is 15.2 Å². The Balaban J connectivity index is 1.54. The molecule has 0 aliphatic carbocycles. The van der Waals surface area contributed by atoms with E-state index in [-0.39, 0.29) is 30.2 Å². The Kier molecular flexibility index (Phi) is 8.02. The number of thioether (sulfide) groups is 1. The van der Waals surface area contributed by atoms with Crippen molar-refractivity contribution in [2.45, 2.75) is 25.9 Å². The van der Waals surface area contributed by atoms with E-state index in [1.54, 1.807) is 31.5 Å². The van der Waals surface area contributed by atoms with Crippen LogP contribution in [0.5, 0.6) is 0 Å². The van der Waals surface area contributed by atoms with Crippen molar-refractivity contribution in [3.63, 3.8) is 0 Å². The molecule has 3 aromatic rings. The minimum Gasteiger partial charge on any atom is -0.463 e. The lowest BCUT2D eigenvalue weighted by atomic mass is 9.91. The van der Waals surface area contributed by atoms with Gasteiger partial charge in [-0.3, -0.25) is 19.9 Å². The number of aliphatic imine (C=N–C) groups is 1. The fourth-order valence-electron chi connectivity index (χ4n) is 4.51. The number of hydrogen-bond donors (Lipinski definition) is 1. The van der Waals surface area contributed by atoms with E-state index in [4.69, 9.17) is 9.73 Å². The number of nitro groups is 1. The van der Waals surface area contributed by atoms with Gasteiger partial charge in [0.05, 0.1) is 35.3 Å². The molecule has 0 spiro atoms. The van der Waals surface area contributed by atoms with E-state index in [0.29, 0.717) is 28.7 Å². The van der Waals surface area contributed by atoms with Crippen molar-refractivity contribution in [3.8, 4) is 0 Å². The first kappa shape index (κ1) is 26.8. The summed E-state index contributed by atoms with van der Waals surface area (Å²) >= 11 is 1.35. The number of amidine groups is 1. The molecule has 1 atom stereocenters. The number of benzene rings is 2. The van der Waals surface area contributed by atoms with E-state index in [1.165, 1.54) is 23.9 Å². The topological polar surface area (TPSA) is 127 Å². The van der Waals surface area contributed by atoms with Gasteiger partial charge in [-0.15, -0.1) is 0 Å². The van der Waals surface area contributed by atoms with E-state index in [1.807, 2.05) is 52.8 Å². The zero-order chi connectivity index (χ0) is 28.1. The Morgan fingerprint density at radius 1 is 1.07 bits per heavy atom. The maximum atomic E-state index is 13.5. The smallest absolute Gasteiger partial charge is 0.338 e. The average molecular weight is 556 g/mol. The van der Waals surface area contributed by atoms with Crippen LogP contribution in [0.2, 0.25) is 0 Å². The Bertz CT molecular complexity index is 1520. The average Bonchev–Trinajstić information content (AvgIpc) is 3.38. The number of amides is 1. The highest BCUT2D eigenvalue weighted by Crippen LogP contribution is 2.47. The molecular formula is C29H25N5O5S. The normalized spacial score (nSPS) is 16.1. The summed E-state index contributed by atoms with van der Waals surface area (Å²) in [4.78, 5) is 48.1. The van der Waals surface area contributed by atoms with Gasteiger partial charge in [0.25, 0.3) is 5.69 Å². The molecule has 3 heterocycles. The predicted molar refractivity (Wildman–Crippen MR) is 151 cm³/mol. The summed E-state index contributed by atoms with van der Waals surface area (Å²) in [6.07, 6.45) is 3.37. The van der Waals surface area contributed by atoms with Crippen LogP contribution in [0.4, 0.5) is 5.69 Å². The highest BCUT2D eigenvalue weighted by atomic mass is 32.2. The Morgan fingerprint density at radius 2 is 1.80 bits per heavy atom. The monoisotopic (exact) mass is 555 g/mol. The minimum atomic E-state index is -0.725. The molecule has 0 saturated carbocycles. The number of carbonyl (C=O) groups excluding carboxylic acids is 2. The second kappa shape index (κ2) is 12.0. The molecule has 10 nitrogen and oxygen atoms in total. The molecular weight excluding hydrogens is 530 g/mol. The maximum Gasteiger partial charge on any atom is 0.338 e. The van der Waals surface area contributed by atoms with E-state index in [0.717, 1.165) is 11.1 Å². The van der Waals surface area contributed by atoms with Crippen molar-refractivity contribution >= 4 is 40.2 Å². The molecule has 0 fully saturated rings. The molecule has 1 aromatic heterocycles. The highest BCUT2D eigenvalue weighted by molar-refractivity contribution is 8.16. The van der Waals surface area contributed by atoms with Gasteiger partial charge >= 0.3 is 5.97 Å². The van der Waals surface area contributed by atoms with Gasteiger partial charge in [0.1, 0.15) is 0 Å². The molecule has 11 heteroatoms. The molecule has 1 N–H and O–H groups in total.